The molecule has 1 aliphatic rings. The molecule has 0 spiro atoms. The number of carboxylic acids is 2. The van der Waals surface area contributed by atoms with Crippen LogP contribution in [-0.2, 0) is 46.4 Å². The van der Waals surface area contributed by atoms with E-state index in [2.05, 4.69) is 21.3 Å². The lowest BCUT2D eigenvalue weighted by Gasteiger charge is -2.28. The lowest BCUT2D eigenvalue weighted by atomic mass is 10.0. The molecule has 276 valence electrons. The minimum Gasteiger partial charge on any atom is -0.508 e. The molecule has 2 aromatic carbocycles. The van der Waals surface area contributed by atoms with Gasteiger partial charge in [-0.3, -0.25) is 28.8 Å². The van der Waals surface area contributed by atoms with Gasteiger partial charge in [0, 0.05) is 19.4 Å². The minimum atomic E-state index is -1.73. The zero-order chi connectivity index (χ0) is 37.5. The first-order valence-electron chi connectivity index (χ1n) is 16.3. The number of hydrogen-bond acceptors (Lipinski definition) is 10. The van der Waals surface area contributed by atoms with Crippen LogP contribution in [0.1, 0.15) is 36.8 Å². The maximum atomic E-state index is 13.8. The molecule has 1 fully saturated rings. The number of phenols is 1. The number of aromatic hydroxyl groups is 1. The topological polar surface area (TPSA) is 258 Å². The van der Waals surface area contributed by atoms with E-state index < -0.39 is 78.1 Å². The molecule has 0 radical (unpaired) electrons. The molecule has 1 heterocycles. The van der Waals surface area contributed by atoms with Crippen molar-refractivity contribution in [2.45, 2.75) is 68.7 Å². The second-order valence-corrected chi connectivity index (χ2v) is 13.0. The van der Waals surface area contributed by atoms with Crippen LogP contribution in [0.3, 0.4) is 0 Å². The Morgan fingerprint density at radius 3 is 1.98 bits per heavy atom. The third-order valence-corrected chi connectivity index (χ3v) is 8.86. The van der Waals surface area contributed by atoms with E-state index in [0.717, 1.165) is 0 Å². The monoisotopic (exact) mass is 728 g/mol. The fourth-order valence-electron chi connectivity index (χ4n) is 5.56. The van der Waals surface area contributed by atoms with Gasteiger partial charge in [0.05, 0.1) is 13.0 Å². The number of thioether (sulfide) groups is 1. The summed E-state index contributed by atoms with van der Waals surface area (Å²) in [5.41, 5.74) is 6.58. The second kappa shape index (κ2) is 19.9. The molecule has 3 rings (SSSR count). The number of likely N-dealkylation sites (tertiary alicyclic amines) is 1. The highest BCUT2D eigenvalue weighted by molar-refractivity contribution is 7.98. The molecular formula is C34H44N6O10S. The average Bonchev–Trinajstić information content (AvgIpc) is 3.60. The number of benzene rings is 2. The van der Waals surface area contributed by atoms with E-state index in [0.29, 0.717) is 36.3 Å². The van der Waals surface area contributed by atoms with Crippen LogP contribution in [-0.4, -0.2) is 117 Å². The van der Waals surface area contributed by atoms with Crippen LogP contribution in [0.5, 0.6) is 5.75 Å². The van der Waals surface area contributed by atoms with Crippen molar-refractivity contribution in [2.24, 2.45) is 5.73 Å². The molecule has 5 atom stereocenters. The number of nitrogens with one attached hydrogen (secondary N) is 4. The number of hydrogen-bond donors (Lipinski definition) is 8. The van der Waals surface area contributed by atoms with E-state index in [1.807, 2.05) is 0 Å². The van der Waals surface area contributed by atoms with Crippen molar-refractivity contribution >= 4 is 53.2 Å². The van der Waals surface area contributed by atoms with Crippen LogP contribution < -0.4 is 27.0 Å². The Morgan fingerprint density at radius 1 is 0.804 bits per heavy atom. The molecule has 2 aromatic rings. The Bertz CT molecular complexity index is 1540. The lowest BCUT2D eigenvalue weighted by molar-refractivity contribution is -0.143. The van der Waals surface area contributed by atoms with Gasteiger partial charge < -0.3 is 47.2 Å². The number of amides is 5. The third-order valence-electron chi connectivity index (χ3n) is 8.21. The third kappa shape index (κ3) is 12.6. The number of carboxylic acid groups (broad SMARTS) is 2. The van der Waals surface area contributed by atoms with E-state index >= 15 is 0 Å². The Hall–Kier alpha value is -5.16. The molecule has 0 aliphatic carbocycles. The summed E-state index contributed by atoms with van der Waals surface area (Å²) in [5, 5.41) is 39.0. The van der Waals surface area contributed by atoms with Crippen molar-refractivity contribution < 1.29 is 48.9 Å². The molecule has 9 N–H and O–H groups in total. The average molecular weight is 729 g/mol. The summed E-state index contributed by atoms with van der Waals surface area (Å²) in [6.45, 7) is 0.0638. The zero-order valence-corrected chi connectivity index (χ0v) is 28.9. The highest BCUT2D eigenvalue weighted by atomic mass is 32.2. The molecule has 17 heteroatoms. The molecular weight excluding hydrogens is 684 g/mol. The number of carbonyl (C=O) groups excluding carboxylic acids is 5. The van der Waals surface area contributed by atoms with E-state index in [9.17, 15) is 48.9 Å². The largest absolute Gasteiger partial charge is 0.508 e. The normalized spacial score (nSPS) is 16.2. The van der Waals surface area contributed by atoms with Crippen LogP contribution in [0, 0.1) is 0 Å². The number of rotatable bonds is 19. The Kier molecular flexibility index (Phi) is 15.7. The molecule has 0 bridgehead atoms. The molecule has 1 saturated heterocycles. The molecule has 51 heavy (non-hydrogen) atoms. The van der Waals surface area contributed by atoms with Crippen molar-refractivity contribution in [3.63, 3.8) is 0 Å². The summed E-state index contributed by atoms with van der Waals surface area (Å²) in [5.74, 6) is -6.19. The van der Waals surface area contributed by atoms with Crippen molar-refractivity contribution in [3.05, 3.63) is 65.7 Å². The number of carbonyl (C=O) groups is 7. The number of nitrogens with two attached hydrogens (primary N) is 1. The van der Waals surface area contributed by atoms with E-state index in [1.165, 1.54) is 40.9 Å². The van der Waals surface area contributed by atoms with E-state index in [4.69, 9.17) is 5.73 Å². The van der Waals surface area contributed by atoms with Crippen LogP contribution >= 0.6 is 11.8 Å². The number of phenolic OH excluding ortho intramolecular Hbond substituents is 1. The molecule has 0 saturated carbocycles. The van der Waals surface area contributed by atoms with Gasteiger partial charge >= 0.3 is 11.9 Å². The smallest absolute Gasteiger partial charge is 0.326 e. The predicted octanol–water partition coefficient (Wildman–Crippen LogP) is -0.621. The van der Waals surface area contributed by atoms with Gasteiger partial charge in [-0.15, -0.1) is 0 Å². The first kappa shape index (κ1) is 40.3. The van der Waals surface area contributed by atoms with Gasteiger partial charge in [-0.1, -0.05) is 42.5 Å². The van der Waals surface area contributed by atoms with Gasteiger partial charge in [-0.2, -0.15) is 11.8 Å². The number of nitrogens with zero attached hydrogens (tertiary/aromatic N) is 1. The summed E-state index contributed by atoms with van der Waals surface area (Å²) in [7, 11) is 0. The number of aliphatic carboxylic acids is 2. The van der Waals surface area contributed by atoms with E-state index in [1.54, 1.807) is 36.6 Å². The molecule has 16 nitrogen and oxygen atoms in total. The van der Waals surface area contributed by atoms with Crippen molar-refractivity contribution in [3.8, 4) is 5.75 Å². The lowest BCUT2D eigenvalue weighted by Crippen LogP contribution is -2.59. The highest BCUT2D eigenvalue weighted by Crippen LogP contribution is 2.18. The van der Waals surface area contributed by atoms with Crippen LogP contribution in [0.2, 0.25) is 0 Å². The maximum Gasteiger partial charge on any atom is 0.326 e. The maximum absolute atomic E-state index is 13.8. The fourth-order valence-corrected chi connectivity index (χ4v) is 6.03. The zero-order valence-electron chi connectivity index (χ0n) is 28.1. The summed E-state index contributed by atoms with van der Waals surface area (Å²) >= 11 is 1.41. The second-order valence-electron chi connectivity index (χ2n) is 12.0. The Balaban J connectivity index is 1.84. The fraction of sp³-hybridized carbons (Fsp3) is 0.441. The molecule has 5 amide bonds. The molecule has 1 aliphatic heterocycles. The summed E-state index contributed by atoms with van der Waals surface area (Å²) in [6, 6.07) is 7.61. The Morgan fingerprint density at radius 2 is 1.37 bits per heavy atom. The Labute approximate surface area is 298 Å². The summed E-state index contributed by atoms with van der Waals surface area (Å²) < 4.78 is 0. The van der Waals surface area contributed by atoms with Gasteiger partial charge in [0.2, 0.25) is 29.5 Å². The first-order valence-corrected chi connectivity index (χ1v) is 17.7. The SMILES string of the molecule is CSCCC(NC(=O)C1CCCN1C(=O)CN)C(=O)NC(Cc1ccc(O)cc1)C(=O)NC(CC(=O)O)C(=O)NC(Cc1ccccc1)C(=O)O. The summed E-state index contributed by atoms with van der Waals surface area (Å²) in [4.78, 5) is 91.5. The van der Waals surface area contributed by atoms with Gasteiger partial charge in [0.1, 0.15) is 36.0 Å². The van der Waals surface area contributed by atoms with Gasteiger partial charge in [0.25, 0.3) is 0 Å². The minimum absolute atomic E-state index is 0.0561. The van der Waals surface area contributed by atoms with Gasteiger partial charge in [-0.25, -0.2) is 4.79 Å². The molecule has 0 aromatic heterocycles. The predicted molar refractivity (Wildman–Crippen MR) is 186 cm³/mol. The van der Waals surface area contributed by atoms with Crippen LogP contribution in [0.4, 0.5) is 0 Å². The summed E-state index contributed by atoms with van der Waals surface area (Å²) in [6.07, 6.45) is 1.73. The van der Waals surface area contributed by atoms with Gasteiger partial charge in [0.15, 0.2) is 0 Å². The van der Waals surface area contributed by atoms with Crippen molar-refractivity contribution in [1.29, 1.82) is 0 Å². The standard InChI is InChI=1S/C34H44N6O10S/c1-51-15-13-23(36-33(48)27-8-5-14-40(27)28(42)19-35)30(45)37-24(16-21-9-11-22(41)12-10-21)31(46)38-25(18-29(43)44)32(47)39-26(34(49)50)17-20-6-3-2-4-7-20/h2-4,6-7,9-12,23-27,41H,5,8,13-19,35H2,1H3,(H,36,48)(H,37,45)(H,38,46)(H,39,47)(H,43,44)(H,49,50). The van der Waals surface area contributed by atoms with Crippen LogP contribution in [0.25, 0.3) is 0 Å². The quantitative estimate of drug-likeness (QED) is 0.0901. The van der Waals surface area contributed by atoms with Crippen molar-refractivity contribution in [1.82, 2.24) is 26.2 Å². The first-order chi connectivity index (χ1) is 24.3. The van der Waals surface area contributed by atoms with Crippen LogP contribution in [0.15, 0.2) is 54.6 Å². The van der Waals surface area contributed by atoms with Gasteiger partial charge in [-0.05, 0) is 54.5 Å². The van der Waals surface area contributed by atoms with E-state index in [-0.39, 0.29) is 31.6 Å². The van der Waals surface area contributed by atoms with Crippen molar-refractivity contribution in [2.75, 3.05) is 25.1 Å². The molecule has 5 unspecified atom stereocenters. The highest BCUT2D eigenvalue weighted by Gasteiger charge is 2.37.